The highest BCUT2D eigenvalue weighted by atomic mass is 127. The fourth-order valence-electron chi connectivity index (χ4n) is 4.09. The van der Waals surface area contributed by atoms with Crippen molar-refractivity contribution in [1.82, 2.24) is 0 Å². The molecular formula is C27H35I2NO5. The Morgan fingerprint density at radius 2 is 1.57 bits per heavy atom. The second-order valence-corrected chi connectivity index (χ2v) is 11.6. The number of aliphatic carboxylic acids is 2. The van der Waals surface area contributed by atoms with Crippen LogP contribution >= 0.6 is 45.2 Å². The maximum atomic E-state index is 11.2. The number of carbonyl (C=O) groups is 2. The second-order valence-electron chi connectivity index (χ2n) is 9.12. The lowest BCUT2D eigenvalue weighted by molar-refractivity contribution is -0.138. The number of hydrogen-bond acceptors (Lipinski definition) is 4. The minimum absolute atomic E-state index is 0.0366. The smallest absolute Gasteiger partial charge is 0.303 e. The summed E-state index contributed by atoms with van der Waals surface area (Å²) in [6.07, 6.45) is 6.90. The normalized spacial score (nSPS) is 12.8. The van der Waals surface area contributed by atoms with Crippen molar-refractivity contribution in [1.29, 1.82) is 0 Å². The van der Waals surface area contributed by atoms with E-state index >= 15 is 0 Å². The van der Waals surface area contributed by atoms with E-state index in [4.69, 9.17) is 20.7 Å². The average Bonchev–Trinajstić information content (AvgIpc) is 2.77. The van der Waals surface area contributed by atoms with Crippen LogP contribution in [-0.2, 0) is 28.0 Å². The van der Waals surface area contributed by atoms with Crippen molar-refractivity contribution < 1.29 is 24.5 Å². The minimum atomic E-state index is -0.850. The van der Waals surface area contributed by atoms with Gasteiger partial charge < -0.3 is 20.7 Å². The summed E-state index contributed by atoms with van der Waals surface area (Å²) in [5.41, 5.74) is 9.50. The molecular weight excluding hydrogens is 672 g/mol. The van der Waals surface area contributed by atoms with Crippen LogP contribution in [0.2, 0.25) is 0 Å². The van der Waals surface area contributed by atoms with Crippen LogP contribution in [0.15, 0.2) is 36.4 Å². The van der Waals surface area contributed by atoms with Crippen molar-refractivity contribution in [3.8, 4) is 5.75 Å². The monoisotopic (exact) mass is 707 g/mol. The van der Waals surface area contributed by atoms with Gasteiger partial charge in [0.15, 0.2) is 0 Å². The van der Waals surface area contributed by atoms with Crippen LogP contribution in [0, 0.1) is 7.14 Å². The molecule has 0 fully saturated rings. The van der Waals surface area contributed by atoms with Crippen LogP contribution in [0.3, 0.4) is 0 Å². The van der Waals surface area contributed by atoms with E-state index in [0.717, 1.165) is 49.7 Å². The van der Waals surface area contributed by atoms with Crippen molar-refractivity contribution in [2.45, 2.75) is 76.7 Å². The Morgan fingerprint density at radius 3 is 2.23 bits per heavy atom. The number of nitrogens with two attached hydrogens (primary N) is 1. The number of halogens is 2. The standard InChI is InChI=1S/C27H35I2NO5/c1-27(30,20-16-21(28)18-22(29)17-20)14-5-3-2-4-8-19-9-6-10-24(23(19)12-13-26(33)34)35-15-7-11-25(31)32/h6,9-10,16-18H,2-5,7-8,11-15,30H2,1H3,(H,31,32)(H,33,34). The van der Waals surface area contributed by atoms with E-state index in [2.05, 4.69) is 70.3 Å². The van der Waals surface area contributed by atoms with E-state index in [-0.39, 0.29) is 18.4 Å². The molecule has 4 N–H and O–H groups in total. The van der Waals surface area contributed by atoms with Crippen molar-refractivity contribution in [2.75, 3.05) is 6.61 Å². The molecule has 0 bridgehead atoms. The first-order valence-corrected chi connectivity index (χ1v) is 14.2. The Morgan fingerprint density at radius 1 is 0.914 bits per heavy atom. The van der Waals surface area contributed by atoms with Gasteiger partial charge in [-0.2, -0.15) is 0 Å². The first-order valence-electron chi connectivity index (χ1n) is 12.0. The van der Waals surface area contributed by atoms with E-state index in [1.807, 2.05) is 18.2 Å². The predicted octanol–water partition coefficient (Wildman–Crippen LogP) is 6.52. The molecule has 0 heterocycles. The number of aryl methyl sites for hydroxylation is 1. The molecule has 0 saturated carbocycles. The second kappa shape index (κ2) is 15.0. The Kier molecular flexibility index (Phi) is 12.8. The molecule has 2 aromatic rings. The van der Waals surface area contributed by atoms with Gasteiger partial charge in [-0.15, -0.1) is 0 Å². The zero-order valence-corrected chi connectivity index (χ0v) is 24.5. The van der Waals surface area contributed by atoms with Gasteiger partial charge in [0.1, 0.15) is 5.75 Å². The third kappa shape index (κ3) is 11.0. The highest BCUT2D eigenvalue weighted by Gasteiger charge is 2.21. The molecule has 0 aliphatic carbocycles. The zero-order chi connectivity index (χ0) is 25.8. The quantitative estimate of drug-likeness (QED) is 0.135. The molecule has 1 unspecified atom stereocenters. The fraction of sp³-hybridized carbons (Fsp3) is 0.481. The van der Waals surface area contributed by atoms with Gasteiger partial charge in [0, 0.05) is 25.5 Å². The first kappa shape index (κ1) is 29.8. The van der Waals surface area contributed by atoms with E-state index < -0.39 is 11.9 Å². The summed E-state index contributed by atoms with van der Waals surface area (Å²) < 4.78 is 8.23. The van der Waals surface area contributed by atoms with Crippen LogP contribution < -0.4 is 10.5 Å². The Bertz CT molecular complexity index is 973. The number of carboxylic acid groups (broad SMARTS) is 2. The molecule has 0 saturated heterocycles. The van der Waals surface area contributed by atoms with Crippen LogP contribution in [0.25, 0.3) is 0 Å². The van der Waals surface area contributed by atoms with E-state index in [1.54, 1.807) is 0 Å². The van der Waals surface area contributed by atoms with E-state index in [1.165, 1.54) is 12.7 Å². The van der Waals surface area contributed by atoms with Crippen LogP contribution in [0.5, 0.6) is 5.75 Å². The highest BCUT2D eigenvalue weighted by molar-refractivity contribution is 14.1. The maximum absolute atomic E-state index is 11.2. The molecule has 0 aliphatic rings. The number of rotatable bonds is 16. The summed E-state index contributed by atoms with van der Waals surface area (Å²) in [4.78, 5) is 21.9. The molecule has 0 radical (unpaired) electrons. The topological polar surface area (TPSA) is 110 Å². The molecule has 6 nitrogen and oxygen atoms in total. The van der Waals surface area contributed by atoms with Gasteiger partial charge in [-0.1, -0.05) is 31.4 Å². The highest BCUT2D eigenvalue weighted by Crippen LogP contribution is 2.29. The lowest BCUT2D eigenvalue weighted by atomic mass is 9.87. The molecule has 2 rings (SSSR count). The SMILES string of the molecule is CC(N)(CCCCCCc1cccc(OCCCC(=O)O)c1CCC(=O)O)c1cc(I)cc(I)c1. The predicted molar refractivity (Wildman–Crippen MR) is 155 cm³/mol. The van der Waals surface area contributed by atoms with E-state index in [9.17, 15) is 9.59 Å². The Hall–Kier alpha value is -1.40. The Labute approximate surface area is 235 Å². The van der Waals surface area contributed by atoms with Gasteiger partial charge in [0.2, 0.25) is 0 Å². The zero-order valence-electron chi connectivity index (χ0n) is 20.2. The lowest BCUT2D eigenvalue weighted by Crippen LogP contribution is -2.33. The minimum Gasteiger partial charge on any atom is -0.493 e. The van der Waals surface area contributed by atoms with Gasteiger partial charge in [-0.3, -0.25) is 9.59 Å². The van der Waals surface area contributed by atoms with Crippen LogP contribution in [-0.4, -0.2) is 28.8 Å². The lowest BCUT2D eigenvalue weighted by Gasteiger charge is -2.26. The molecule has 0 aliphatic heterocycles. The summed E-state index contributed by atoms with van der Waals surface area (Å²) in [7, 11) is 0. The molecule has 0 aromatic heterocycles. The van der Waals surface area contributed by atoms with Gasteiger partial charge in [0.05, 0.1) is 6.61 Å². The van der Waals surface area contributed by atoms with Crippen LogP contribution in [0.4, 0.5) is 0 Å². The molecule has 192 valence electrons. The number of hydrogen-bond donors (Lipinski definition) is 3. The molecule has 8 heteroatoms. The fourth-order valence-corrected chi connectivity index (χ4v) is 6.03. The van der Waals surface area contributed by atoms with Crippen molar-refractivity contribution in [3.05, 3.63) is 60.2 Å². The van der Waals surface area contributed by atoms with Crippen molar-refractivity contribution in [2.24, 2.45) is 5.73 Å². The summed E-state index contributed by atoms with van der Waals surface area (Å²) in [6.45, 7) is 2.40. The third-order valence-corrected chi connectivity index (χ3v) is 7.27. The molecule has 0 spiro atoms. The first-order chi connectivity index (χ1) is 16.6. The van der Waals surface area contributed by atoms with Gasteiger partial charge in [-0.25, -0.2) is 0 Å². The third-order valence-electron chi connectivity index (χ3n) is 6.03. The summed E-state index contributed by atoms with van der Waals surface area (Å²) >= 11 is 4.67. The van der Waals surface area contributed by atoms with Gasteiger partial charge >= 0.3 is 11.9 Å². The molecule has 1 atom stereocenters. The largest absolute Gasteiger partial charge is 0.493 e. The number of benzene rings is 2. The average molecular weight is 707 g/mol. The summed E-state index contributed by atoms with van der Waals surface area (Å²) in [5, 5.41) is 18.0. The number of carboxylic acids is 2. The van der Waals surface area contributed by atoms with Crippen molar-refractivity contribution >= 4 is 57.1 Å². The molecule has 0 amide bonds. The molecule has 2 aromatic carbocycles. The summed E-state index contributed by atoms with van der Waals surface area (Å²) in [6, 6.07) is 12.3. The van der Waals surface area contributed by atoms with Crippen LogP contribution in [0.1, 0.15) is 75.0 Å². The molecule has 35 heavy (non-hydrogen) atoms. The maximum Gasteiger partial charge on any atom is 0.303 e. The van der Waals surface area contributed by atoms with Crippen molar-refractivity contribution in [3.63, 3.8) is 0 Å². The Balaban J connectivity index is 1.88. The summed E-state index contributed by atoms with van der Waals surface area (Å²) in [5.74, 6) is -1.03. The number of ether oxygens (including phenoxy) is 1. The van der Waals surface area contributed by atoms with E-state index in [0.29, 0.717) is 25.2 Å². The van der Waals surface area contributed by atoms with Gasteiger partial charge in [-0.05, 0) is 125 Å². The number of unbranched alkanes of at least 4 members (excludes halogenated alkanes) is 3. The van der Waals surface area contributed by atoms with Gasteiger partial charge in [0.25, 0.3) is 0 Å².